The fourth-order valence-corrected chi connectivity index (χ4v) is 3.74. The number of benzene rings is 2. The average molecular weight is 415 g/mol. The van der Waals surface area contributed by atoms with Gasteiger partial charge in [-0.05, 0) is 48.7 Å². The molecule has 158 valence electrons. The van der Waals surface area contributed by atoms with Crippen molar-refractivity contribution in [3.63, 3.8) is 0 Å². The highest BCUT2D eigenvalue weighted by atomic mass is 16.5. The van der Waals surface area contributed by atoms with Crippen molar-refractivity contribution in [2.45, 2.75) is 18.9 Å². The number of amidine groups is 1. The molecule has 31 heavy (non-hydrogen) atoms. The van der Waals surface area contributed by atoms with Crippen molar-refractivity contribution in [3.8, 4) is 22.6 Å². The molecule has 0 unspecified atom stereocenters. The predicted octanol–water partition coefficient (Wildman–Crippen LogP) is 4.56. The van der Waals surface area contributed by atoms with Gasteiger partial charge in [-0.15, -0.1) is 0 Å². The Kier molecular flexibility index (Phi) is 6.12. The molecule has 4 N–H and O–H groups in total. The lowest BCUT2D eigenvalue weighted by Crippen LogP contribution is -2.44. The van der Waals surface area contributed by atoms with Gasteiger partial charge in [0.2, 0.25) is 0 Å². The Morgan fingerprint density at radius 2 is 1.87 bits per heavy atom. The molecular formula is C24H26N6O. The molecule has 0 bridgehead atoms. The van der Waals surface area contributed by atoms with Gasteiger partial charge in [0.15, 0.2) is 0 Å². The van der Waals surface area contributed by atoms with Crippen LogP contribution in [0.1, 0.15) is 12.8 Å². The minimum atomic E-state index is 0.155. The molecule has 7 heteroatoms. The molecule has 0 aliphatic carbocycles. The number of nitrogen functional groups attached to an aromatic ring is 1. The van der Waals surface area contributed by atoms with E-state index >= 15 is 0 Å². The number of ether oxygens (including phenoxy) is 1. The zero-order valence-corrected chi connectivity index (χ0v) is 17.3. The lowest BCUT2D eigenvalue weighted by atomic mass is 10.0. The molecule has 0 saturated carbocycles. The monoisotopic (exact) mass is 414 g/mol. The van der Waals surface area contributed by atoms with E-state index in [-0.39, 0.29) is 6.04 Å². The average Bonchev–Trinajstić information content (AvgIpc) is 2.80. The second-order valence-electron chi connectivity index (χ2n) is 7.44. The highest BCUT2D eigenvalue weighted by Gasteiger charge is 2.23. The molecule has 1 aliphatic heterocycles. The summed E-state index contributed by atoms with van der Waals surface area (Å²) in [5.41, 5.74) is 7.91. The van der Waals surface area contributed by atoms with E-state index in [2.05, 4.69) is 21.9 Å². The van der Waals surface area contributed by atoms with Gasteiger partial charge in [0, 0.05) is 19.1 Å². The summed E-state index contributed by atoms with van der Waals surface area (Å²) in [6.07, 6.45) is 5.04. The van der Waals surface area contributed by atoms with Gasteiger partial charge in [-0.2, -0.15) is 0 Å². The van der Waals surface area contributed by atoms with Crippen molar-refractivity contribution in [1.82, 2.24) is 14.9 Å². The van der Waals surface area contributed by atoms with Crippen molar-refractivity contribution in [1.29, 1.82) is 5.41 Å². The maximum atomic E-state index is 8.04. The van der Waals surface area contributed by atoms with Gasteiger partial charge < -0.3 is 20.7 Å². The lowest BCUT2D eigenvalue weighted by Gasteiger charge is -2.34. The van der Waals surface area contributed by atoms with Gasteiger partial charge in [-0.3, -0.25) is 5.41 Å². The number of nitrogens with one attached hydrogen (secondary N) is 2. The third-order valence-electron chi connectivity index (χ3n) is 5.29. The van der Waals surface area contributed by atoms with E-state index in [0.717, 1.165) is 48.6 Å². The van der Waals surface area contributed by atoms with Crippen molar-refractivity contribution in [2.24, 2.45) is 0 Å². The van der Waals surface area contributed by atoms with Crippen LogP contribution < -0.4 is 15.8 Å². The highest BCUT2D eigenvalue weighted by molar-refractivity contribution is 5.89. The summed E-state index contributed by atoms with van der Waals surface area (Å²) in [6, 6.07) is 17.5. The summed E-state index contributed by atoms with van der Waals surface area (Å²) < 4.78 is 5.88. The molecule has 7 nitrogen and oxygen atoms in total. The van der Waals surface area contributed by atoms with Crippen molar-refractivity contribution >= 4 is 17.5 Å². The molecule has 0 radical (unpaired) electrons. The van der Waals surface area contributed by atoms with Gasteiger partial charge >= 0.3 is 0 Å². The normalized spacial score (nSPS) is 15.9. The number of rotatable bonds is 6. The molecule has 1 saturated heterocycles. The third kappa shape index (κ3) is 4.83. The number of aromatic nitrogens is 2. The maximum absolute atomic E-state index is 8.04. The first-order valence-corrected chi connectivity index (χ1v) is 10.3. The first-order valence-electron chi connectivity index (χ1n) is 10.3. The SMILES string of the molecule is C=CC(=N)N1CCC[C@@H](Nc2ncnc(N)c2-c2ccc(Oc3ccccc3)cc2)C1. The van der Waals surface area contributed by atoms with Gasteiger partial charge in [0.05, 0.1) is 5.56 Å². The molecule has 0 amide bonds. The Labute approximate surface area is 182 Å². The number of likely N-dealkylation sites (tertiary alicyclic amines) is 1. The van der Waals surface area contributed by atoms with E-state index in [0.29, 0.717) is 17.5 Å². The standard InChI is InChI=1S/C24H26N6O/c1-2-21(25)30-14-6-7-18(15-30)29-24-22(23(26)27-16-28-24)17-10-12-20(13-11-17)31-19-8-4-3-5-9-19/h2-5,8-13,16,18,25H,1,6-7,14-15H2,(H3,26,27,28,29)/t18-/m1/s1. The Balaban J connectivity index is 1.54. The van der Waals surface area contributed by atoms with E-state index in [1.54, 1.807) is 6.08 Å². The molecule has 2 aromatic carbocycles. The van der Waals surface area contributed by atoms with Crippen LogP contribution in [0, 0.1) is 5.41 Å². The molecule has 4 rings (SSSR count). The summed E-state index contributed by atoms with van der Waals surface area (Å²) in [4.78, 5) is 10.7. The summed E-state index contributed by atoms with van der Waals surface area (Å²) in [6.45, 7) is 5.30. The number of nitrogens with zero attached hydrogens (tertiary/aromatic N) is 3. The molecular weight excluding hydrogens is 388 g/mol. The third-order valence-corrected chi connectivity index (χ3v) is 5.29. The molecule has 1 aliphatic rings. The van der Waals surface area contributed by atoms with E-state index < -0.39 is 0 Å². The number of nitrogens with two attached hydrogens (primary N) is 1. The van der Waals surface area contributed by atoms with Gasteiger partial charge in [-0.1, -0.05) is 36.9 Å². The van der Waals surface area contributed by atoms with E-state index in [9.17, 15) is 0 Å². The van der Waals surface area contributed by atoms with Crippen LogP contribution >= 0.6 is 0 Å². The predicted molar refractivity (Wildman–Crippen MR) is 125 cm³/mol. The van der Waals surface area contributed by atoms with Crippen molar-refractivity contribution in [2.75, 3.05) is 24.1 Å². The molecule has 3 aromatic rings. The van der Waals surface area contributed by atoms with Crippen molar-refractivity contribution in [3.05, 3.63) is 73.6 Å². The topological polar surface area (TPSA) is 100 Å². The first kappa shape index (κ1) is 20.4. The fraction of sp³-hybridized carbons (Fsp3) is 0.208. The van der Waals surface area contributed by atoms with Crippen LogP contribution in [-0.4, -0.2) is 39.8 Å². The molecule has 0 spiro atoms. The van der Waals surface area contributed by atoms with Gasteiger partial charge in [-0.25, -0.2) is 9.97 Å². The van der Waals surface area contributed by atoms with E-state index in [1.165, 1.54) is 6.33 Å². The van der Waals surface area contributed by atoms with E-state index in [1.807, 2.05) is 59.5 Å². The second-order valence-corrected chi connectivity index (χ2v) is 7.44. The molecule has 2 heterocycles. The van der Waals surface area contributed by atoms with Crippen LogP contribution in [0.5, 0.6) is 11.5 Å². The highest BCUT2D eigenvalue weighted by Crippen LogP contribution is 2.33. The Morgan fingerprint density at radius 1 is 1.13 bits per heavy atom. The number of anilines is 2. The maximum Gasteiger partial charge on any atom is 0.139 e. The second kappa shape index (κ2) is 9.30. The number of hydrogen-bond donors (Lipinski definition) is 3. The van der Waals surface area contributed by atoms with Gasteiger partial charge in [0.1, 0.15) is 35.3 Å². The van der Waals surface area contributed by atoms with Crippen molar-refractivity contribution < 1.29 is 4.74 Å². The Bertz CT molecular complexity index is 1050. The number of piperidine rings is 1. The number of hydrogen-bond acceptors (Lipinski definition) is 6. The summed E-state index contributed by atoms with van der Waals surface area (Å²) in [5.74, 6) is 3.09. The van der Waals surface area contributed by atoms with Crippen LogP contribution in [-0.2, 0) is 0 Å². The van der Waals surface area contributed by atoms with E-state index in [4.69, 9.17) is 15.9 Å². The largest absolute Gasteiger partial charge is 0.457 e. The smallest absolute Gasteiger partial charge is 0.139 e. The molecule has 1 fully saturated rings. The van der Waals surface area contributed by atoms with Crippen LogP contribution in [0.3, 0.4) is 0 Å². The lowest BCUT2D eigenvalue weighted by molar-refractivity contribution is 0.321. The summed E-state index contributed by atoms with van der Waals surface area (Å²) in [7, 11) is 0. The summed E-state index contributed by atoms with van der Waals surface area (Å²) in [5, 5.41) is 11.6. The van der Waals surface area contributed by atoms with Crippen LogP contribution in [0.4, 0.5) is 11.6 Å². The Morgan fingerprint density at radius 3 is 2.61 bits per heavy atom. The zero-order valence-electron chi connectivity index (χ0n) is 17.3. The fourth-order valence-electron chi connectivity index (χ4n) is 3.74. The van der Waals surface area contributed by atoms with Crippen LogP contribution in [0.2, 0.25) is 0 Å². The zero-order chi connectivity index (χ0) is 21.6. The number of para-hydroxylation sites is 1. The van der Waals surface area contributed by atoms with Crippen LogP contribution in [0.25, 0.3) is 11.1 Å². The van der Waals surface area contributed by atoms with Gasteiger partial charge in [0.25, 0.3) is 0 Å². The first-order chi connectivity index (χ1) is 15.1. The minimum absolute atomic E-state index is 0.155. The van der Waals surface area contributed by atoms with Crippen LogP contribution in [0.15, 0.2) is 73.6 Å². The summed E-state index contributed by atoms with van der Waals surface area (Å²) >= 11 is 0. The quantitative estimate of drug-likeness (QED) is 0.404. The minimum Gasteiger partial charge on any atom is -0.457 e. The Hall–Kier alpha value is -3.87. The molecule has 1 atom stereocenters. The molecule has 1 aromatic heterocycles.